The summed E-state index contributed by atoms with van der Waals surface area (Å²) in [6.45, 7) is 2.52. The van der Waals surface area contributed by atoms with Crippen LogP contribution in [0.5, 0.6) is 5.75 Å². The second kappa shape index (κ2) is 5.44. The van der Waals surface area contributed by atoms with Gasteiger partial charge in [0.05, 0.1) is 16.1 Å². The molecular weight excluding hydrogens is 221 g/mol. The van der Waals surface area contributed by atoms with Gasteiger partial charge in [-0.1, -0.05) is 29.3 Å². The summed E-state index contributed by atoms with van der Waals surface area (Å²) < 4.78 is 5.57. The molecule has 0 saturated heterocycles. The normalized spacial score (nSPS) is 12.6. The molecule has 0 aliphatic carbocycles. The largest absolute Gasteiger partial charge is 0.488 e. The molecule has 1 aromatic carbocycles. The molecule has 2 N–H and O–H groups in total. The summed E-state index contributed by atoms with van der Waals surface area (Å²) in [5.41, 5.74) is 5.41. The van der Waals surface area contributed by atoms with E-state index in [1.807, 2.05) is 6.92 Å². The molecule has 1 unspecified atom stereocenters. The average Bonchev–Trinajstić information content (AvgIpc) is 2.12. The SMILES string of the molecule is CC(CCN)Oc1c(Cl)cccc1Cl. The number of hydrogen-bond acceptors (Lipinski definition) is 2. The molecule has 0 bridgehead atoms. The predicted octanol–water partition coefficient (Wildman–Crippen LogP) is 3.11. The molecule has 0 heterocycles. The van der Waals surface area contributed by atoms with E-state index in [4.69, 9.17) is 33.7 Å². The first-order chi connectivity index (χ1) is 6.65. The maximum Gasteiger partial charge on any atom is 0.156 e. The van der Waals surface area contributed by atoms with Crippen molar-refractivity contribution in [2.24, 2.45) is 5.73 Å². The third-order valence-electron chi connectivity index (χ3n) is 1.81. The first-order valence-electron chi connectivity index (χ1n) is 4.46. The summed E-state index contributed by atoms with van der Waals surface area (Å²) in [6.07, 6.45) is 0.805. The number of benzene rings is 1. The van der Waals surface area contributed by atoms with Gasteiger partial charge in [0, 0.05) is 0 Å². The lowest BCUT2D eigenvalue weighted by atomic mass is 10.3. The highest BCUT2D eigenvalue weighted by Crippen LogP contribution is 2.33. The zero-order valence-electron chi connectivity index (χ0n) is 7.97. The highest BCUT2D eigenvalue weighted by Gasteiger charge is 2.10. The molecule has 0 fully saturated rings. The maximum atomic E-state index is 5.93. The molecule has 2 nitrogen and oxygen atoms in total. The van der Waals surface area contributed by atoms with Gasteiger partial charge < -0.3 is 10.5 Å². The fourth-order valence-corrected chi connectivity index (χ4v) is 1.58. The van der Waals surface area contributed by atoms with Gasteiger partial charge in [-0.05, 0) is 32.0 Å². The van der Waals surface area contributed by atoms with Crippen LogP contribution in [0.4, 0.5) is 0 Å². The summed E-state index contributed by atoms with van der Waals surface area (Å²) in [7, 11) is 0. The average molecular weight is 234 g/mol. The lowest BCUT2D eigenvalue weighted by Gasteiger charge is -2.15. The van der Waals surface area contributed by atoms with Gasteiger partial charge in [0.15, 0.2) is 5.75 Å². The molecular formula is C10H13Cl2NO. The van der Waals surface area contributed by atoms with E-state index in [-0.39, 0.29) is 6.10 Å². The van der Waals surface area contributed by atoms with Crippen molar-refractivity contribution in [2.75, 3.05) is 6.54 Å². The number of hydrogen-bond donors (Lipinski definition) is 1. The van der Waals surface area contributed by atoms with Crippen LogP contribution in [0.25, 0.3) is 0 Å². The Kier molecular flexibility index (Phi) is 4.52. The smallest absolute Gasteiger partial charge is 0.156 e. The fraction of sp³-hybridized carbons (Fsp3) is 0.400. The van der Waals surface area contributed by atoms with Crippen LogP contribution < -0.4 is 10.5 Å². The van der Waals surface area contributed by atoms with Gasteiger partial charge in [0.1, 0.15) is 0 Å². The molecule has 0 aliphatic heterocycles. The number of para-hydroxylation sites is 1. The van der Waals surface area contributed by atoms with Gasteiger partial charge in [-0.3, -0.25) is 0 Å². The molecule has 0 saturated carbocycles. The van der Waals surface area contributed by atoms with E-state index in [1.165, 1.54) is 0 Å². The minimum Gasteiger partial charge on any atom is -0.488 e. The Hall–Kier alpha value is -0.440. The monoisotopic (exact) mass is 233 g/mol. The second-order valence-electron chi connectivity index (χ2n) is 3.06. The van der Waals surface area contributed by atoms with Crippen LogP contribution in [0, 0.1) is 0 Å². The van der Waals surface area contributed by atoms with E-state index in [9.17, 15) is 0 Å². The highest BCUT2D eigenvalue weighted by molar-refractivity contribution is 6.37. The van der Waals surface area contributed by atoms with Crippen molar-refractivity contribution in [1.29, 1.82) is 0 Å². The topological polar surface area (TPSA) is 35.2 Å². The Labute approximate surface area is 94.0 Å². The molecule has 4 heteroatoms. The number of rotatable bonds is 4. The Balaban J connectivity index is 2.75. The third kappa shape index (κ3) is 3.05. The molecule has 14 heavy (non-hydrogen) atoms. The van der Waals surface area contributed by atoms with Crippen molar-refractivity contribution in [3.05, 3.63) is 28.2 Å². The summed E-state index contributed by atoms with van der Waals surface area (Å²) >= 11 is 11.9. The minimum absolute atomic E-state index is 0.0254. The highest BCUT2D eigenvalue weighted by atomic mass is 35.5. The van der Waals surface area contributed by atoms with Crippen molar-refractivity contribution >= 4 is 23.2 Å². The predicted molar refractivity (Wildman–Crippen MR) is 60.2 cm³/mol. The van der Waals surface area contributed by atoms with Crippen LogP contribution in [0.2, 0.25) is 10.0 Å². The third-order valence-corrected chi connectivity index (χ3v) is 2.41. The van der Waals surface area contributed by atoms with Gasteiger partial charge in [0.25, 0.3) is 0 Å². The van der Waals surface area contributed by atoms with Gasteiger partial charge in [-0.15, -0.1) is 0 Å². The van der Waals surface area contributed by atoms with Crippen LogP contribution in [0.1, 0.15) is 13.3 Å². The van der Waals surface area contributed by atoms with Crippen LogP contribution in [0.3, 0.4) is 0 Å². The van der Waals surface area contributed by atoms with Crippen LogP contribution >= 0.6 is 23.2 Å². The number of halogens is 2. The van der Waals surface area contributed by atoms with Gasteiger partial charge in [-0.25, -0.2) is 0 Å². The van der Waals surface area contributed by atoms with E-state index in [0.29, 0.717) is 22.3 Å². The number of nitrogens with two attached hydrogens (primary N) is 1. The summed E-state index contributed by atoms with van der Waals surface area (Å²) in [6, 6.07) is 5.28. The van der Waals surface area contributed by atoms with Crippen molar-refractivity contribution in [3.8, 4) is 5.75 Å². The molecule has 78 valence electrons. The summed E-state index contributed by atoms with van der Waals surface area (Å²) in [4.78, 5) is 0. The summed E-state index contributed by atoms with van der Waals surface area (Å²) in [5, 5.41) is 1.06. The second-order valence-corrected chi connectivity index (χ2v) is 3.87. The fourth-order valence-electron chi connectivity index (χ4n) is 1.09. The Morgan fingerprint density at radius 1 is 1.36 bits per heavy atom. The minimum atomic E-state index is 0.0254. The molecule has 0 aromatic heterocycles. The Morgan fingerprint density at radius 2 is 1.93 bits per heavy atom. The van der Waals surface area contributed by atoms with Crippen molar-refractivity contribution in [3.63, 3.8) is 0 Å². The quantitative estimate of drug-likeness (QED) is 0.868. The first kappa shape index (κ1) is 11.6. The molecule has 0 aliphatic rings. The number of ether oxygens (including phenoxy) is 1. The van der Waals surface area contributed by atoms with E-state index in [0.717, 1.165) is 6.42 Å². The Bertz CT molecular complexity index is 284. The zero-order chi connectivity index (χ0) is 10.6. The van der Waals surface area contributed by atoms with E-state index in [2.05, 4.69) is 0 Å². The van der Waals surface area contributed by atoms with Gasteiger partial charge in [0.2, 0.25) is 0 Å². The van der Waals surface area contributed by atoms with Crippen LogP contribution in [0.15, 0.2) is 18.2 Å². The molecule has 1 aromatic rings. The van der Waals surface area contributed by atoms with Crippen LogP contribution in [-0.2, 0) is 0 Å². The van der Waals surface area contributed by atoms with Crippen LogP contribution in [-0.4, -0.2) is 12.6 Å². The molecule has 0 spiro atoms. The van der Waals surface area contributed by atoms with Gasteiger partial charge in [-0.2, -0.15) is 0 Å². The van der Waals surface area contributed by atoms with Crippen molar-refractivity contribution < 1.29 is 4.74 Å². The first-order valence-corrected chi connectivity index (χ1v) is 5.21. The molecule has 1 rings (SSSR count). The lowest BCUT2D eigenvalue weighted by Crippen LogP contribution is -2.17. The molecule has 0 amide bonds. The van der Waals surface area contributed by atoms with Gasteiger partial charge >= 0.3 is 0 Å². The van der Waals surface area contributed by atoms with E-state index >= 15 is 0 Å². The Morgan fingerprint density at radius 3 is 2.43 bits per heavy atom. The standard InChI is InChI=1S/C10H13Cl2NO/c1-7(5-6-13)14-10-8(11)3-2-4-9(10)12/h2-4,7H,5-6,13H2,1H3. The summed E-state index contributed by atoms with van der Waals surface area (Å²) in [5.74, 6) is 0.539. The zero-order valence-corrected chi connectivity index (χ0v) is 9.48. The van der Waals surface area contributed by atoms with E-state index in [1.54, 1.807) is 18.2 Å². The lowest BCUT2D eigenvalue weighted by molar-refractivity contribution is 0.214. The van der Waals surface area contributed by atoms with E-state index < -0.39 is 0 Å². The molecule has 0 radical (unpaired) electrons. The van der Waals surface area contributed by atoms with Crippen molar-refractivity contribution in [2.45, 2.75) is 19.4 Å². The van der Waals surface area contributed by atoms with Crippen molar-refractivity contribution in [1.82, 2.24) is 0 Å². The maximum absolute atomic E-state index is 5.93. The molecule has 1 atom stereocenters.